The average Bonchev–Trinajstić information content (AvgIpc) is 2.46. The topological polar surface area (TPSA) is 38.3 Å². The van der Waals surface area contributed by atoms with Gasteiger partial charge in [0.2, 0.25) is 6.17 Å². The third kappa shape index (κ3) is 3.53. The standard InChI is InChI=1S/C14H18FNO2/c15-13(12-7-4-8-16-9-12)14(17)18-10-11-5-2-1-3-6-11/h1-3,5-6,12-13,16H,4,7-10H2. The quantitative estimate of drug-likeness (QED) is 0.832. The van der Waals surface area contributed by atoms with E-state index >= 15 is 0 Å². The van der Waals surface area contributed by atoms with E-state index in [1.807, 2.05) is 30.3 Å². The molecule has 2 rings (SSSR count). The van der Waals surface area contributed by atoms with E-state index in [2.05, 4.69) is 5.32 Å². The molecule has 3 nitrogen and oxygen atoms in total. The predicted octanol–water partition coefficient (Wildman–Crippen LogP) is 2.07. The van der Waals surface area contributed by atoms with Gasteiger partial charge in [0.25, 0.3) is 0 Å². The van der Waals surface area contributed by atoms with Crippen molar-refractivity contribution in [1.82, 2.24) is 5.32 Å². The third-order valence-corrected chi connectivity index (χ3v) is 3.20. The summed E-state index contributed by atoms with van der Waals surface area (Å²) in [6.45, 7) is 1.60. The van der Waals surface area contributed by atoms with Crippen LogP contribution in [0.4, 0.5) is 4.39 Å². The number of carbonyl (C=O) groups excluding carboxylic acids is 1. The lowest BCUT2D eigenvalue weighted by atomic mass is 9.95. The molecule has 0 spiro atoms. The summed E-state index contributed by atoms with van der Waals surface area (Å²) in [6.07, 6.45) is 0.146. The fraction of sp³-hybridized carbons (Fsp3) is 0.500. The SMILES string of the molecule is O=C(OCc1ccccc1)C(F)C1CCCNC1. The second-order valence-electron chi connectivity index (χ2n) is 4.60. The van der Waals surface area contributed by atoms with E-state index in [0.29, 0.717) is 6.54 Å². The Bertz CT molecular complexity index is 377. The molecule has 1 N–H and O–H groups in total. The Labute approximate surface area is 106 Å². The molecule has 98 valence electrons. The number of esters is 1. The normalized spacial score (nSPS) is 21.3. The van der Waals surface area contributed by atoms with E-state index in [0.717, 1.165) is 24.9 Å². The van der Waals surface area contributed by atoms with Crippen LogP contribution in [-0.2, 0) is 16.1 Å². The van der Waals surface area contributed by atoms with Crippen molar-refractivity contribution in [3.63, 3.8) is 0 Å². The highest BCUT2D eigenvalue weighted by atomic mass is 19.1. The minimum absolute atomic E-state index is 0.139. The van der Waals surface area contributed by atoms with Crippen LogP contribution in [0, 0.1) is 5.92 Å². The van der Waals surface area contributed by atoms with Gasteiger partial charge in [0.1, 0.15) is 6.61 Å². The Morgan fingerprint density at radius 1 is 1.44 bits per heavy atom. The Hall–Kier alpha value is -1.42. The van der Waals surface area contributed by atoms with Gasteiger partial charge in [0.15, 0.2) is 0 Å². The van der Waals surface area contributed by atoms with Gasteiger partial charge in [0, 0.05) is 12.5 Å². The molecule has 1 aromatic carbocycles. The number of alkyl halides is 1. The van der Waals surface area contributed by atoms with Crippen molar-refractivity contribution in [2.75, 3.05) is 13.1 Å². The van der Waals surface area contributed by atoms with E-state index in [4.69, 9.17) is 4.74 Å². The Balaban J connectivity index is 1.80. The first kappa shape index (κ1) is 13.0. The average molecular weight is 251 g/mol. The summed E-state index contributed by atoms with van der Waals surface area (Å²) >= 11 is 0. The molecule has 1 aliphatic heterocycles. The highest BCUT2D eigenvalue weighted by molar-refractivity contribution is 5.75. The number of hydrogen-bond acceptors (Lipinski definition) is 3. The number of nitrogens with one attached hydrogen (secondary N) is 1. The fourth-order valence-electron chi connectivity index (χ4n) is 2.13. The molecule has 0 aromatic heterocycles. The van der Waals surface area contributed by atoms with Gasteiger partial charge in [-0.2, -0.15) is 0 Å². The summed E-state index contributed by atoms with van der Waals surface area (Å²) in [6, 6.07) is 9.31. The Morgan fingerprint density at radius 2 is 2.22 bits per heavy atom. The smallest absolute Gasteiger partial charge is 0.341 e. The number of hydrogen-bond donors (Lipinski definition) is 1. The van der Waals surface area contributed by atoms with E-state index in [-0.39, 0.29) is 12.5 Å². The molecule has 4 heteroatoms. The minimum atomic E-state index is -1.51. The van der Waals surface area contributed by atoms with Gasteiger partial charge in [-0.1, -0.05) is 30.3 Å². The van der Waals surface area contributed by atoms with Crippen molar-refractivity contribution in [1.29, 1.82) is 0 Å². The van der Waals surface area contributed by atoms with Crippen molar-refractivity contribution in [2.45, 2.75) is 25.6 Å². The van der Waals surface area contributed by atoms with Crippen molar-refractivity contribution in [3.05, 3.63) is 35.9 Å². The molecule has 0 saturated carbocycles. The Morgan fingerprint density at radius 3 is 2.89 bits per heavy atom. The van der Waals surface area contributed by atoms with Gasteiger partial charge < -0.3 is 10.1 Å². The van der Waals surface area contributed by atoms with Crippen LogP contribution in [0.5, 0.6) is 0 Å². The van der Waals surface area contributed by atoms with E-state index in [9.17, 15) is 9.18 Å². The molecule has 0 amide bonds. The van der Waals surface area contributed by atoms with Gasteiger partial charge in [-0.3, -0.25) is 0 Å². The van der Waals surface area contributed by atoms with Gasteiger partial charge in [-0.25, -0.2) is 9.18 Å². The zero-order valence-electron chi connectivity index (χ0n) is 10.3. The molecule has 1 heterocycles. The number of ether oxygens (including phenoxy) is 1. The molecule has 18 heavy (non-hydrogen) atoms. The predicted molar refractivity (Wildman–Crippen MR) is 66.7 cm³/mol. The number of piperidine rings is 1. The summed E-state index contributed by atoms with van der Waals surface area (Å²) in [5.74, 6) is -0.991. The van der Waals surface area contributed by atoms with Gasteiger partial charge in [-0.05, 0) is 24.9 Å². The van der Waals surface area contributed by atoms with Crippen LogP contribution >= 0.6 is 0 Å². The maximum Gasteiger partial charge on any atom is 0.341 e. The number of carbonyl (C=O) groups is 1. The minimum Gasteiger partial charge on any atom is -0.459 e. The molecular weight excluding hydrogens is 233 g/mol. The van der Waals surface area contributed by atoms with Gasteiger partial charge in [0.05, 0.1) is 0 Å². The molecule has 1 fully saturated rings. The molecule has 0 bridgehead atoms. The Kier molecular flexibility index (Phi) is 4.70. The van der Waals surface area contributed by atoms with Crippen LogP contribution in [0.15, 0.2) is 30.3 Å². The number of halogens is 1. The largest absolute Gasteiger partial charge is 0.459 e. The van der Waals surface area contributed by atoms with Crippen molar-refractivity contribution in [3.8, 4) is 0 Å². The lowest BCUT2D eigenvalue weighted by molar-refractivity contribution is -0.153. The number of rotatable bonds is 4. The molecule has 1 saturated heterocycles. The monoisotopic (exact) mass is 251 g/mol. The maximum absolute atomic E-state index is 13.9. The van der Waals surface area contributed by atoms with Crippen LogP contribution in [0.25, 0.3) is 0 Å². The first-order valence-electron chi connectivity index (χ1n) is 6.32. The summed E-state index contributed by atoms with van der Waals surface area (Å²) < 4.78 is 18.9. The second-order valence-corrected chi connectivity index (χ2v) is 4.60. The van der Waals surface area contributed by atoms with E-state index < -0.39 is 12.1 Å². The molecule has 2 unspecified atom stereocenters. The van der Waals surface area contributed by atoms with Gasteiger partial charge in [-0.15, -0.1) is 0 Å². The van der Waals surface area contributed by atoms with Crippen molar-refractivity contribution < 1.29 is 13.9 Å². The maximum atomic E-state index is 13.9. The molecule has 1 aliphatic rings. The molecule has 2 atom stereocenters. The molecule has 0 radical (unpaired) electrons. The lowest BCUT2D eigenvalue weighted by Crippen LogP contribution is -2.39. The van der Waals surface area contributed by atoms with E-state index in [1.54, 1.807) is 0 Å². The lowest BCUT2D eigenvalue weighted by Gasteiger charge is -2.24. The van der Waals surface area contributed by atoms with Crippen molar-refractivity contribution in [2.24, 2.45) is 5.92 Å². The zero-order chi connectivity index (χ0) is 12.8. The summed E-state index contributed by atoms with van der Waals surface area (Å²) in [7, 11) is 0. The van der Waals surface area contributed by atoms with Crippen LogP contribution in [0.1, 0.15) is 18.4 Å². The second kappa shape index (κ2) is 6.50. The summed E-state index contributed by atoms with van der Waals surface area (Å²) in [5.41, 5.74) is 0.875. The van der Waals surface area contributed by atoms with Crippen LogP contribution in [0.3, 0.4) is 0 Å². The first-order valence-corrected chi connectivity index (χ1v) is 6.32. The highest BCUT2D eigenvalue weighted by Crippen LogP contribution is 2.18. The van der Waals surface area contributed by atoms with Crippen LogP contribution < -0.4 is 5.32 Å². The summed E-state index contributed by atoms with van der Waals surface area (Å²) in [5, 5.41) is 3.10. The van der Waals surface area contributed by atoms with Crippen LogP contribution in [-0.4, -0.2) is 25.2 Å². The van der Waals surface area contributed by atoms with Crippen LogP contribution in [0.2, 0.25) is 0 Å². The first-order chi connectivity index (χ1) is 8.77. The third-order valence-electron chi connectivity index (χ3n) is 3.20. The highest BCUT2D eigenvalue weighted by Gasteiger charge is 2.30. The van der Waals surface area contributed by atoms with Gasteiger partial charge >= 0.3 is 5.97 Å². The summed E-state index contributed by atoms with van der Waals surface area (Å²) in [4.78, 5) is 11.6. The van der Waals surface area contributed by atoms with E-state index in [1.165, 1.54) is 0 Å². The number of benzene rings is 1. The molecule has 0 aliphatic carbocycles. The fourth-order valence-corrected chi connectivity index (χ4v) is 2.13. The van der Waals surface area contributed by atoms with Crippen molar-refractivity contribution >= 4 is 5.97 Å². The molecule has 1 aromatic rings. The molecular formula is C14H18FNO2. The zero-order valence-corrected chi connectivity index (χ0v) is 10.3.